The van der Waals surface area contributed by atoms with Crippen molar-refractivity contribution in [1.29, 1.82) is 0 Å². The van der Waals surface area contributed by atoms with Gasteiger partial charge in [-0.1, -0.05) is 12.1 Å². The van der Waals surface area contributed by atoms with E-state index < -0.39 is 11.6 Å². The maximum atomic E-state index is 14.4. The molecule has 2 aromatic carbocycles. The van der Waals surface area contributed by atoms with Gasteiger partial charge < -0.3 is 4.90 Å². The number of hydrogen-bond donors (Lipinski definition) is 0. The lowest BCUT2D eigenvalue weighted by molar-refractivity contribution is 0.406. The van der Waals surface area contributed by atoms with Gasteiger partial charge in [0.2, 0.25) is 0 Å². The molecule has 0 radical (unpaired) electrons. The highest BCUT2D eigenvalue weighted by Gasteiger charge is 2.17. The summed E-state index contributed by atoms with van der Waals surface area (Å²) in [4.78, 5) is 5.25. The maximum absolute atomic E-state index is 14.4. The second-order valence-electron chi connectivity index (χ2n) is 6.05. The number of halogens is 2. The smallest absolute Gasteiger partial charge is 0.134 e. The zero-order valence-corrected chi connectivity index (χ0v) is 16.0. The highest BCUT2D eigenvalue weighted by atomic mass is 32.2. The molecule has 3 aromatic rings. The Morgan fingerprint density at radius 1 is 0.960 bits per heavy atom. The van der Waals surface area contributed by atoms with Crippen LogP contribution in [0.2, 0.25) is 0 Å². The highest BCUT2D eigenvalue weighted by Crippen LogP contribution is 2.41. The molecule has 25 heavy (non-hydrogen) atoms. The van der Waals surface area contributed by atoms with Crippen molar-refractivity contribution in [3.8, 4) is 21.6 Å². The van der Waals surface area contributed by atoms with Gasteiger partial charge in [0.15, 0.2) is 0 Å². The summed E-state index contributed by atoms with van der Waals surface area (Å²) in [5.41, 5.74) is 2.47. The molecule has 0 aliphatic heterocycles. The first-order valence-corrected chi connectivity index (χ1v) is 9.89. The van der Waals surface area contributed by atoms with Crippen LogP contribution in [0.4, 0.5) is 8.78 Å². The molecule has 0 fully saturated rings. The molecule has 0 saturated carbocycles. The van der Waals surface area contributed by atoms with Crippen molar-refractivity contribution in [3.05, 3.63) is 65.0 Å². The minimum atomic E-state index is -0.558. The van der Waals surface area contributed by atoms with Crippen LogP contribution in [0.15, 0.2) is 53.4 Å². The fourth-order valence-electron chi connectivity index (χ4n) is 2.69. The number of nitrogens with zero attached hydrogens (tertiary/aromatic N) is 1. The van der Waals surface area contributed by atoms with E-state index in [0.29, 0.717) is 5.56 Å². The van der Waals surface area contributed by atoms with E-state index in [-0.39, 0.29) is 0 Å². The van der Waals surface area contributed by atoms with Crippen LogP contribution < -0.4 is 0 Å². The van der Waals surface area contributed by atoms with Crippen LogP contribution in [0.1, 0.15) is 4.88 Å². The van der Waals surface area contributed by atoms with Crippen LogP contribution in [0.25, 0.3) is 21.6 Å². The third kappa shape index (κ3) is 4.11. The molecule has 0 aliphatic carbocycles. The Morgan fingerprint density at radius 2 is 1.68 bits per heavy atom. The predicted molar refractivity (Wildman–Crippen MR) is 104 cm³/mol. The molecule has 1 nitrogen and oxygen atoms in total. The number of thiophene rings is 1. The fraction of sp³-hybridized carbons (Fsp3) is 0.200. The maximum Gasteiger partial charge on any atom is 0.134 e. The molecule has 5 heteroatoms. The van der Waals surface area contributed by atoms with E-state index in [1.54, 1.807) is 23.1 Å². The van der Waals surface area contributed by atoms with Gasteiger partial charge in [0.25, 0.3) is 0 Å². The van der Waals surface area contributed by atoms with Crippen molar-refractivity contribution in [3.63, 3.8) is 0 Å². The van der Waals surface area contributed by atoms with E-state index in [2.05, 4.69) is 35.2 Å². The largest absolute Gasteiger partial charge is 0.304 e. The van der Waals surface area contributed by atoms with Gasteiger partial charge in [-0.3, -0.25) is 0 Å². The minimum Gasteiger partial charge on any atom is -0.304 e. The zero-order valence-electron chi connectivity index (χ0n) is 14.3. The Balaban J connectivity index is 2.13. The first-order chi connectivity index (χ1) is 12.0. The van der Waals surface area contributed by atoms with Gasteiger partial charge in [0.05, 0.1) is 0 Å². The molecule has 0 unspecified atom stereocenters. The lowest BCUT2D eigenvalue weighted by Crippen LogP contribution is -2.09. The van der Waals surface area contributed by atoms with Crippen molar-refractivity contribution in [1.82, 2.24) is 4.90 Å². The van der Waals surface area contributed by atoms with Gasteiger partial charge in [0.1, 0.15) is 11.6 Å². The van der Waals surface area contributed by atoms with E-state index in [4.69, 9.17) is 0 Å². The average Bonchev–Trinajstić information content (AvgIpc) is 2.97. The van der Waals surface area contributed by atoms with Crippen molar-refractivity contribution in [2.24, 2.45) is 0 Å². The summed E-state index contributed by atoms with van der Waals surface area (Å²) in [6.45, 7) is 0.781. The Labute approximate surface area is 155 Å². The van der Waals surface area contributed by atoms with E-state index >= 15 is 0 Å². The monoisotopic (exact) mass is 375 g/mol. The second kappa shape index (κ2) is 7.68. The molecule has 3 rings (SSSR count). The van der Waals surface area contributed by atoms with Crippen molar-refractivity contribution >= 4 is 23.1 Å². The summed E-state index contributed by atoms with van der Waals surface area (Å²) in [6, 6.07) is 14.1. The van der Waals surface area contributed by atoms with Crippen molar-refractivity contribution in [2.75, 3.05) is 20.4 Å². The Bertz CT molecular complexity index is 870. The van der Waals surface area contributed by atoms with E-state index in [1.807, 2.05) is 20.4 Å². The Morgan fingerprint density at radius 3 is 2.28 bits per heavy atom. The Kier molecular flexibility index (Phi) is 5.57. The molecule has 0 bridgehead atoms. The average molecular weight is 376 g/mol. The molecule has 0 amide bonds. The van der Waals surface area contributed by atoms with Crippen LogP contribution in [0.5, 0.6) is 0 Å². The lowest BCUT2D eigenvalue weighted by atomic mass is 10.0. The quantitative estimate of drug-likeness (QED) is 0.493. The molecule has 130 valence electrons. The summed E-state index contributed by atoms with van der Waals surface area (Å²) in [6.07, 6.45) is 2.04. The second-order valence-corrected chi connectivity index (χ2v) is 8.06. The first kappa shape index (κ1) is 18.1. The number of rotatable bonds is 5. The summed E-state index contributed by atoms with van der Waals surface area (Å²) in [7, 11) is 4.01. The topological polar surface area (TPSA) is 3.24 Å². The van der Waals surface area contributed by atoms with Gasteiger partial charge in [-0.2, -0.15) is 0 Å². The van der Waals surface area contributed by atoms with Crippen LogP contribution in [0.3, 0.4) is 0 Å². The third-order valence-corrected chi connectivity index (χ3v) is 5.73. The third-order valence-electron chi connectivity index (χ3n) is 3.83. The molecule has 0 saturated heterocycles. The van der Waals surface area contributed by atoms with Crippen LogP contribution in [-0.4, -0.2) is 25.3 Å². The molecule has 0 spiro atoms. The number of benzene rings is 2. The van der Waals surface area contributed by atoms with Gasteiger partial charge in [-0.15, -0.1) is 23.1 Å². The van der Waals surface area contributed by atoms with Gasteiger partial charge in [0, 0.05) is 38.4 Å². The van der Waals surface area contributed by atoms with Crippen LogP contribution in [0, 0.1) is 11.6 Å². The summed E-state index contributed by atoms with van der Waals surface area (Å²) in [5, 5.41) is 0. The van der Waals surface area contributed by atoms with Crippen LogP contribution >= 0.6 is 23.1 Å². The van der Waals surface area contributed by atoms with Gasteiger partial charge in [-0.05, 0) is 56.2 Å². The normalized spacial score (nSPS) is 11.3. The molecular formula is C20H19F2NS2. The summed E-state index contributed by atoms with van der Waals surface area (Å²) < 4.78 is 27.7. The number of thioether (sulfide) groups is 1. The molecule has 0 atom stereocenters. The predicted octanol–water partition coefficient (Wildman–Crippen LogP) is 6.14. The zero-order chi connectivity index (χ0) is 18.0. The molecule has 0 N–H and O–H groups in total. The SMILES string of the molecule is CSc1ccc(-c2cc(CN(C)C)sc2-c2ccc(F)cc2F)cc1. The summed E-state index contributed by atoms with van der Waals surface area (Å²) >= 11 is 3.24. The summed E-state index contributed by atoms with van der Waals surface area (Å²) in [5.74, 6) is -1.09. The standard InChI is InChI=1S/C20H19F2NS2/c1-23(2)12-16-11-18(13-4-7-15(24-3)8-5-13)20(25-16)17-9-6-14(21)10-19(17)22/h4-11H,12H2,1-3H3. The molecular weight excluding hydrogens is 356 g/mol. The lowest BCUT2D eigenvalue weighted by Gasteiger charge is -2.06. The van der Waals surface area contributed by atoms with Gasteiger partial charge in [-0.25, -0.2) is 8.78 Å². The number of hydrogen-bond acceptors (Lipinski definition) is 3. The van der Waals surface area contributed by atoms with E-state index in [1.165, 1.54) is 17.0 Å². The first-order valence-electron chi connectivity index (χ1n) is 7.85. The van der Waals surface area contributed by atoms with Gasteiger partial charge >= 0.3 is 0 Å². The van der Waals surface area contributed by atoms with Crippen molar-refractivity contribution < 1.29 is 8.78 Å². The fourth-order valence-corrected chi connectivity index (χ4v) is 4.42. The Hall–Kier alpha value is -1.69. The van der Waals surface area contributed by atoms with E-state index in [9.17, 15) is 8.78 Å². The van der Waals surface area contributed by atoms with E-state index in [0.717, 1.165) is 33.5 Å². The molecule has 1 aromatic heterocycles. The van der Waals surface area contributed by atoms with Crippen molar-refractivity contribution in [2.45, 2.75) is 11.4 Å². The molecule has 1 heterocycles. The van der Waals surface area contributed by atoms with Crippen LogP contribution in [-0.2, 0) is 6.54 Å². The highest BCUT2D eigenvalue weighted by molar-refractivity contribution is 7.98. The molecule has 0 aliphatic rings. The minimum absolute atomic E-state index is 0.445.